The van der Waals surface area contributed by atoms with E-state index in [2.05, 4.69) is 0 Å². The number of thioether (sulfide) groups is 1. The van der Waals surface area contributed by atoms with Crippen molar-refractivity contribution in [3.8, 4) is 0 Å². The molecule has 1 atom stereocenters. The largest absolute Gasteiger partial charge is 0.387 e. The molecule has 0 fully saturated rings. The minimum atomic E-state index is -0.823. The highest BCUT2D eigenvalue weighted by atomic mass is 32.2. The Morgan fingerprint density at radius 3 is 2.73 bits per heavy atom. The third-order valence-electron chi connectivity index (χ3n) is 2.74. The van der Waals surface area contributed by atoms with E-state index in [4.69, 9.17) is 0 Å². The van der Waals surface area contributed by atoms with Crippen LogP contribution in [0.25, 0.3) is 0 Å². The second kappa shape index (κ2) is 3.46. The van der Waals surface area contributed by atoms with E-state index in [1.165, 1.54) is 17.8 Å². The van der Waals surface area contributed by atoms with Crippen LogP contribution < -0.4 is 0 Å². The molecule has 15 heavy (non-hydrogen) atoms. The molecule has 0 aromatic heterocycles. The molecule has 1 heterocycles. The molecule has 1 aromatic rings. The van der Waals surface area contributed by atoms with Crippen molar-refractivity contribution in [3.63, 3.8) is 0 Å². The average molecular weight is 230 g/mol. The Bertz CT molecular complexity index is 404. The molecule has 0 aliphatic carbocycles. The van der Waals surface area contributed by atoms with Gasteiger partial charge in [0.1, 0.15) is 11.6 Å². The van der Waals surface area contributed by atoms with E-state index >= 15 is 0 Å². The van der Waals surface area contributed by atoms with Crippen LogP contribution in [0.1, 0.15) is 31.1 Å². The molecular weight excluding hydrogens is 218 g/mol. The average Bonchev–Trinajstić information content (AvgIpc) is 2.12. The number of aliphatic hydroxyl groups excluding tert-OH is 1. The van der Waals surface area contributed by atoms with Crippen molar-refractivity contribution >= 4 is 11.8 Å². The van der Waals surface area contributed by atoms with E-state index in [0.29, 0.717) is 16.9 Å². The first-order chi connectivity index (χ1) is 6.92. The number of aliphatic hydroxyl groups is 1. The lowest BCUT2D eigenvalue weighted by Gasteiger charge is -2.36. The lowest BCUT2D eigenvalue weighted by Crippen LogP contribution is -2.30. The molecule has 1 aliphatic heterocycles. The van der Waals surface area contributed by atoms with Crippen molar-refractivity contribution in [1.82, 2.24) is 0 Å². The van der Waals surface area contributed by atoms with E-state index in [9.17, 15) is 13.9 Å². The monoisotopic (exact) mass is 230 g/mol. The third kappa shape index (κ3) is 1.76. The van der Waals surface area contributed by atoms with Crippen LogP contribution in [0.3, 0.4) is 0 Å². The number of benzene rings is 1. The Morgan fingerprint density at radius 2 is 2.07 bits per heavy atom. The summed E-state index contributed by atoms with van der Waals surface area (Å²) in [5.74, 6) is -0.717. The van der Waals surface area contributed by atoms with Gasteiger partial charge in [-0.25, -0.2) is 8.78 Å². The van der Waals surface area contributed by atoms with E-state index in [-0.39, 0.29) is 0 Å². The number of halogens is 2. The van der Waals surface area contributed by atoms with Crippen LogP contribution >= 0.6 is 11.8 Å². The molecule has 82 valence electrons. The standard InChI is InChI=1S/C11H12F2OS/c1-11(2)10(14)7-3-6(12)4-9(13)8(7)5-15-11/h3-4,10,14H,5H2,1-2H3. The maximum atomic E-state index is 13.4. The van der Waals surface area contributed by atoms with E-state index in [1.54, 1.807) is 0 Å². The highest BCUT2D eigenvalue weighted by molar-refractivity contribution is 7.99. The first-order valence-electron chi connectivity index (χ1n) is 4.71. The Morgan fingerprint density at radius 1 is 1.40 bits per heavy atom. The lowest BCUT2D eigenvalue weighted by molar-refractivity contribution is 0.140. The molecular formula is C11H12F2OS. The maximum absolute atomic E-state index is 13.4. The predicted molar refractivity (Wildman–Crippen MR) is 56.7 cm³/mol. The van der Waals surface area contributed by atoms with Crippen molar-refractivity contribution in [2.45, 2.75) is 30.5 Å². The number of rotatable bonds is 0. The zero-order valence-electron chi connectivity index (χ0n) is 8.55. The van der Waals surface area contributed by atoms with Crippen LogP contribution in [0.5, 0.6) is 0 Å². The zero-order valence-corrected chi connectivity index (χ0v) is 9.37. The highest BCUT2D eigenvalue weighted by Crippen LogP contribution is 2.46. The summed E-state index contributed by atoms with van der Waals surface area (Å²) in [7, 11) is 0. The SMILES string of the molecule is CC1(C)SCc2c(F)cc(F)cc2C1O. The summed E-state index contributed by atoms with van der Waals surface area (Å²) < 4.78 is 26.0. The molecule has 0 spiro atoms. The molecule has 1 aliphatic rings. The molecule has 0 amide bonds. The van der Waals surface area contributed by atoms with Gasteiger partial charge in [0.25, 0.3) is 0 Å². The number of hydrogen-bond acceptors (Lipinski definition) is 2. The summed E-state index contributed by atoms with van der Waals surface area (Å²) in [6.45, 7) is 3.74. The highest BCUT2D eigenvalue weighted by Gasteiger charge is 2.36. The maximum Gasteiger partial charge on any atom is 0.130 e. The van der Waals surface area contributed by atoms with Crippen molar-refractivity contribution in [3.05, 3.63) is 34.9 Å². The van der Waals surface area contributed by atoms with Crippen LogP contribution in [0.2, 0.25) is 0 Å². The van der Waals surface area contributed by atoms with Gasteiger partial charge in [-0.3, -0.25) is 0 Å². The van der Waals surface area contributed by atoms with Gasteiger partial charge in [-0.05, 0) is 25.5 Å². The predicted octanol–water partition coefficient (Wildman–Crippen LogP) is 3.02. The molecule has 4 heteroatoms. The van der Waals surface area contributed by atoms with Gasteiger partial charge in [-0.2, -0.15) is 0 Å². The van der Waals surface area contributed by atoms with Gasteiger partial charge in [0.2, 0.25) is 0 Å². The molecule has 0 bridgehead atoms. The van der Waals surface area contributed by atoms with Crippen LogP contribution in [-0.2, 0) is 5.75 Å². The molecule has 0 radical (unpaired) electrons. The van der Waals surface area contributed by atoms with Gasteiger partial charge < -0.3 is 5.11 Å². The van der Waals surface area contributed by atoms with Gasteiger partial charge in [0, 0.05) is 22.1 Å². The summed E-state index contributed by atoms with van der Waals surface area (Å²) in [6.07, 6.45) is -0.823. The Hall–Kier alpha value is -0.610. The van der Waals surface area contributed by atoms with Crippen LogP contribution in [0.15, 0.2) is 12.1 Å². The zero-order chi connectivity index (χ0) is 11.2. The number of hydrogen-bond donors (Lipinski definition) is 1. The van der Waals surface area contributed by atoms with Crippen LogP contribution in [-0.4, -0.2) is 9.85 Å². The molecule has 1 nitrogen and oxygen atoms in total. The Labute approximate surface area is 91.5 Å². The van der Waals surface area contributed by atoms with Gasteiger partial charge in [-0.15, -0.1) is 11.8 Å². The summed E-state index contributed by atoms with van der Waals surface area (Å²) in [5.41, 5.74) is 0.810. The van der Waals surface area contributed by atoms with E-state index in [0.717, 1.165) is 6.07 Å². The fourth-order valence-electron chi connectivity index (χ4n) is 1.73. The van der Waals surface area contributed by atoms with Gasteiger partial charge >= 0.3 is 0 Å². The molecule has 0 saturated heterocycles. The van der Waals surface area contributed by atoms with Crippen molar-refractivity contribution < 1.29 is 13.9 Å². The van der Waals surface area contributed by atoms with Crippen molar-refractivity contribution in [2.24, 2.45) is 0 Å². The van der Waals surface area contributed by atoms with Crippen LogP contribution in [0.4, 0.5) is 8.78 Å². The lowest BCUT2D eigenvalue weighted by atomic mass is 9.93. The van der Waals surface area contributed by atoms with Gasteiger partial charge in [0.05, 0.1) is 6.10 Å². The van der Waals surface area contributed by atoms with Gasteiger partial charge in [0.15, 0.2) is 0 Å². The molecule has 1 unspecified atom stereocenters. The molecule has 1 aromatic carbocycles. The van der Waals surface area contributed by atoms with Crippen molar-refractivity contribution in [2.75, 3.05) is 0 Å². The minimum Gasteiger partial charge on any atom is -0.387 e. The van der Waals surface area contributed by atoms with Crippen molar-refractivity contribution in [1.29, 1.82) is 0 Å². The summed E-state index contributed by atoms with van der Waals surface area (Å²) in [4.78, 5) is 0. The normalized spacial score (nSPS) is 23.7. The summed E-state index contributed by atoms with van der Waals surface area (Å²) >= 11 is 1.48. The van der Waals surface area contributed by atoms with Crippen LogP contribution in [0, 0.1) is 11.6 Å². The summed E-state index contributed by atoms with van der Waals surface area (Å²) in [5, 5.41) is 9.98. The smallest absolute Gasteiger partial charge is 0.130 e. The summed E-state index contributed by atoms with van der Waals surface area (Å²) in [6, 6.07) is 2.09. The quantitative estimate of drug-likeness (QED) is 0.739. The third-order valence-corrected chi connectivity index (χ3v) is 4.14. The van der Waals surface area contributed by atoms with E-state index in [1.807, 2.05) is 13.8 Å². The van der Waals surface area contributed by atoms with Gasteiger partial charge in [-0.1, -0.05) is 0 Å². The first-order valence-corrected chi connectivity index (χ1v) is 5.70. The topological polar surface area (TPSA) is 20.2 Å². The molecule has 2 rings (SSSR count). The Balaban J connectivity index is 2.56. The Kier molecular flexibility index (Phi) is 2.51. The number of fused-ring (bicyclic) bond motifs is 1. The van der Waals surface area contributed by atoms with E-state index < -0.39 is 22.5 Å². The fourth-order valence-corrected chi connectivity index (χ4v) is 2.84. The fraction of sp³-hybridized carbons (Fsp3) is 0.455. The molecule has 1 N–H and O–H groups in total. The second-order valence-corrected chi connectivity index (χ2v) is 5.88. The second-order valence-electron chi connectivity index (χ2n) is 4.25. The minimum absolute atomic E-state index is 0.385. The first kappa shape index (κ1) is 10.9. The molecule has 0 saturated carbocycles.